The molecule has 0 aliphatic carbocycles. The van der Waals surface area contributed by atoms with Gasteiger partial charge in [0.25, 0.3) is 0 Å². The zero-order chi connectivity index (χ0) is 17.2. The quantitative estimate of drug-likeness (QED) is 0.773. The molecule has 1 fully saturated rings. The van der Waals surface area contributed by atoms with Crippen molar-refractivity contribution in [2.75, 3.05) is 26.7 Å². The minimum absolute atomic E-state index is 0.115. The number of pyridine rings is 1. The lowest BCUT2D eigenvalue weighted by Gasteiger charge is -2.37. The van der Waals surface area contributed by atoms with E-state index in [-0.39, 0.29) is 6.04 Å². The lowest BCUT2D eigenvalue weighted by molar-refractivity contribution is 0.0715. The maximum absolute atomic E-state index is 5.39. The van der Waals surface area contributed by atoms with Crippen LogP contribution in [0.25, 0.3) is 11.3 Å². The number of hydrogen-bond acceptors (Lipinski definition) is 7. The number of rotatable bonds is 4. The lowest BCUT2D eigenvalue weighted by Crippen LogP contribution is -2.46. The summed E-state index contributed by atoms with van der Waals surface area (Å²) in [5.74, 6) is 1.36. The van der Waals surface area contributed by atoms with Crippen LogP contribution in [0.4, 0.5) is 0 Å². The SMILES string of the molecule is Cc1noc([C@@H]2CN(Cc3cn[nH]c3-c3cccnc3)CCN2C)n1. The molecular formula is C17H21N7O. The van der Waals surface area contributed by atoms with E-state index in [0.29, 0.717) is 11.7 Å². The number of hydrogen-bond donors (Lipinski definition) is 1. The maximum Gasteiger partial charge on any atom is 0.245 e. The Morgan fingerprint density at radius 1 is 1.32 bits per heavy atom. The van der Waals surface area contributed by atoms with Gasteiger partial charge in [0.05, 0.1) is 11.9 Å². The highest BCUT2D eigenvalue weighted by Gasteiger charge is 2.30. The number of nitrogens with one attached hydrogen (secondary N) is 1. The van der Waals surface area contributed by atoms with E-state index in [0.717, 1.165) is 43.0 Å². The van der Waals surface area contributed by atoms with Crippen molar-refractivity contribution < 1.29 is 4.52 Å². The first kappa shape index (κ1) is 15.9. The largest absolute Gasteiger partial charge is 0.338 e. The summed E-state index contributed by atoms with van der Waals surface area (Å²) in [6.07, 6.45) is 5.52. The van der Waals surface area contributed by atoms with Crippen LogP contribution in [0.15, 0.2) is 35.2 Å². The molecule has 4 heterocycles. The van der Waals surface area contributed by atoms with Crippen LogP contribution in [-0.4, -0.2) is 61.8 Å². The predicted molar refractivity (Wildman–Crippen MR) is 91.5 cm³/mol. The number of aryl methyl sites for hydroxylation is 1. The summed E-state index contributed by atoms with van der Waals surface area (Å²) in [7, 11) is 2.10. The van der Waals surface area contributed by atoms with Crippen molar-refractivity contribution in [2.24, 2.45) is 0 Å². The number of piperazine rings is 1. The van der Waals surface area contributed by atoms with Gasteiger partial charge in [-0.25, -0.2) is 0 Å². The number of H-pyrrole nitrogens is 1. The molecule has 1 atom stereocenters. The van der Waals surface area contributed by atoms with Crippen LogP contribution in [0.2, 0.25) is 0 Å². The fraction of sp³-hybridized carbons (Fsp3) is 0.412. The topological polar surface area (TPSA) is 87.0 Å². The molecule has 0 saturated carbocycles. The second-order valence-corrected chi connectivity index (χ2v) is 6.42. The Morgan fingerprint density at radius 3 is 3.00 bits per heavy atom. The molecule has 130 valence electrons. The van der Waals surface area contributed by atoms with Gasteiger partial charge in [-0.15, -0.1) is 0 Å². The molecule has 0 radical (unpaired) electrons. The van der Waals surface area contributed by atoms with Crippen LogP contribution >= 0.6 is 0 Å². The summed E-state index contributed by atoms with van der Waals surface area (Å²) in [5.41, 5.74) is 3.24. The normalized spacial score (nSPS) is 19.4. The Kier molecular flexibility index (Phi) is 4.29. The summed E-state index contributed by atoms with van der Waals surface area (Å²) in [6, 6.07) is 4.09. The Hall–Kier alpha value is -2.58. The van der Waals surface area contributed by atoms with E-state index in [1.807, 2.05) is 31.5 Å². The van der Waals surface area contributed by atoms with Crippen LogP contribution in [0.1, 0.15) is 23.3 Å². The van der Waals surface area contributed by atoms with E-state index in [4.69, 9.17) is 4.52 Å². The van der Waals surface area contributed by atoms with E-state index in [1.54, 1.807) is 6.20 Å². The maximum atomic E-state index is 5.39. The Morgan fingerprint density at radius 2 is 2.24 bits per heavy atom. The standard InChI is InChI=1S/C17H21N7O/c1-12-20-17(25-22-12)15-11-24(7-6-23(15)2)10-14-9-19-21-16(14)13-4-3-5-18-8-13/h3-5,8-9,15H,6-7,10-11H2,1-2H3,(H,19,21)/t15-/m0/s1. The van der Waals surface area contributed by atoms with Gasteiger partial charge in [0.15, 0.2) is 5.82 Å². The molecule has 3 aromatic heterocycles. The predicted octanol–water partition coefficient (Wildman–Crippen LogP) is 1.65. The lowest BCUT2D eigenvalue weighted by atomic mass is 10.1. The molecule has 0 amide bonds. The van der Waals surface area contributed by atoms with Gasteiger partial charge in [0.2, 0.25) is 5.89 Å². The first-order valence-corrected chi connectivity index (χ1v) is 8.36. The van der Waals surface area contributed by atoms with Gasteiger partial charge in [-0.05, 0) is 26.1 Å². The third-order valence-corrected chi connectivity index (χ3v) is 4.62. The molecule has 1 N–H and O–H groups in total. The van der Waals surface area contributed by atoms with Crippen molar-refractivity contribution in [3.63, 3.8) is 0 Å². The molecule has 1 saturated heterocycles. The van der Waals surface area contributed by atoms with E-state index >= 15 is 0 Å². The molecule has 0 aromatic carbocycles. The van der Waals surface area contributed by atoms with Crippen LogP contribution in [0.3, 0.4) is 0 Å². The van der Waals surface area contributed by atoms with E-state index in [2.05, 4.69) is 42.2 Å². The third kappa shape index (κ3) is 3.31. The zero-order valence-corrected chi connectivity index (χ0v) is 14.4. The first-order valence-electron chi connectivity index (χ1n) is 8.36. The van der Waals surface area contributed by atoms with Crippen molar-refractivity contribution in [3.8, 4) is 11.3 Å². The molecule has 3 aromatic rings. The van der Waals surface area contributed by atoms with E-state index in [9.17, 15) is 0 Å². The summed E-state index contributed by atoms with van der Waals surface area (Å²) in [6.45, 7) is 5.44. The van der Waals surface area contributed by atoms with Crippen LogP contribution in [0, 0.1) is 6.92 Å². The monoisotopic (exact) mass is 339 g/mol. The van der Waals surface area contributed by atoms with Gasteiger partial charge < -0.3 is 4.52 Å². The smallest absolute Gasteiger partial charge is 0.245 e. The third-order valence-electron chi connectivity index (χ3n) is 4.62. The van der Waals surface area contributed by atoms with Gasteiger partial charge in [0, 0.05) is 49.7 Å². The summed E-state index contributed by atoms with van der Waals surface area (Å²) in [5, 5.41) is 11.3. The van der Waals surface area contributed by atoms with Crippen LogP contribution in [-0.2, 0) is 6.54 Å². The summed E-state index contributed by atoms with van der Waals surface area (Å²) < 4.78 is 5.39. The molecule has 8 heteroatoms. The fourth-order valence-corrected chi connectivity index (χ4v) is 3.22. The average molecular weight is 339 g/mol. The summed E-state index contributed by atoms with van der Waals surface area (Å²) in [4.78, 5) is 13.3. The molecule has 1 aliphatic heterocycles. The van der Waals surface area contributed by atoms with Gasteiger partial charge in [-0.1, -0.05) is 5.16 Å². The van der Waals surface area contributed by atoms with E-state index < -0.39 is 0 Å². The molecule has 0 unspecified atom stereocenters. The zero-order valence-electron chi connectivity index (χ0n) is 14.4. The average Bonchev–Trinajstić information content (AvgIpc) is 3.26. The molecule has 4 rings (SSSR count). The number of aromatic nitrogens is 5. The molecular weight excluding hydrogens is 318 g/mol. The molecule has 8 nitrogen and oxygen atoms in total. The Balaban J connectivity index is 1.51. The number of likely N-dealkylation sites (N-methyl/N-ethyl adjacent to an activating group) is 1. The highest BCUT2D eigenvalue weighted by atomic mass is 16.5. The minimum atomic E-state index is 0.115. The van der Waals surface area contributed by atoms with Crippen LogP contribution in [0.5, 0.6) is 0 Å². The van der Waals surface area contributed by atoms with Crippen molar-refractivity contribution in [3.05, 3.63) is 48.0 Å². The second kappa shape index (κ2) is 6.73. The minimum Gasteiger partial charge on any atom is -0.338 e. The Bertz CT molecular complexity index is 828. The van der Waals surface area contributed by atoms with Crippen molar-refractivity contribution >= 4 is 0 Å². The highest BCUT2D eigenvalue weighted by molar-refractivity contribution is 5.61. The molecule has 25 heavy (non-hydrogen) atoms. The first-order chi connectivity index (χ1) is 12.2. The van der Waals surface area contributed by atoms with Gasteiger partial charge in [-0.3, -0.25) is 19.9 Å². The Labute approximate surface area is 145 Å². The number of nitrogens with zero attached hydrogens (tertiary/aromatic N) is 6. The van der Waals surface area contributed by atoms with Crippen LogP contribution < -0.4 is 0 Å². The van der Waals surface area contributed by atoms with Crippen molar-refractivity contribution in [1.29, 1.82) is 0 Å². The van der Waals surface area contributed by atoms with E-state index in [1.165, 1.54) is 0 Å². The highest BCUT2D eigenvalue weighted by Crippen LogP contribution is 2.26. The van der Waals surface area contributed by atoms with Crippen molar-refractivity contribution in [2.45, 2.75) is 19.5 Å². The summed E-state index contributed by atoms with van der Waals surface area (Å²) >= 11 is 0. The molecule has 0 bridgehead atoms. The number of aromatic amines is 1. The van der Waals surface area contributed by atoms with Gasteiger partial charge >= 0.3 is 0 Å². The second-order valence-electron chi connectivity index (χ2n) is 6.42. The molecule has 0 spiro atoms. The van der Waals surface area contributed by atoms with Crippen molar-refractivity contribution in [1.82, 2.24) is 35.1 Å². The van der Waals surface area contributed by atoms with Gasteiger partial charge in [-0.2, -0.15) is 10.1 Å². The van der Waals surface area contributed by atoms with Gasteiger partial charge in [0.1, 0.15) is 6.04 Å². The fourth-order valence-electron chi connectivity index (χ4n) is 3.22. The molecule has 1 aliphatic rings.